The topological polar surface area (TPSA) is 52.5 Å². The number of nitrogens with two attached hydrogens (primary N) is 1. The van der Waals surface area contributed by atoms with Gasteiger partial charge in [0.25, 0.3) is 0 Å². The van der Waals surface area contributed by atoms with E-state index >= 15 is 0 Å². The molecule has 3 rings (SSSR count). The molecule has 0 aliphatic heterocycles. The van der Waals surface area contributed by atoms with Crippen molar-refractivity contribution in [3.63, 3.8) is 0 Å². The van der Waals surface area contributed by atoms with Crippen LogP contribution < -0.4 is 10.5 Å². The highest BCUT2D eigenvalue weighted by Gasteiger charge is 2.11. The van der Waals surface area contributed by atoms with E-state index in [1.54, 1.807) is 7.11 Å². The molecule has 0 atom stereocenters. The highest BCUT2D eigenvalue weighted by atomic mass is 16.5. The molecule has 22 heavy (non-hydrogen) atoms. The Morgan fingerprint density at radius 2 is 1.86 bits per heavy atom. The van der Waals surface area contributed by atoms with Gasteiger partial charge in [0, 0.05) is 19.0 Å². The minimum atomic E-state index is 0.619. The molecule has 0 amide bonds. The van der Waals surface area contributed by atoms with E-state index in [1.165, 1.54) is 5.56 Å². The fraction of sp³-hybridized carbons (Fsp3) is 0.278. The van der Waals surface area contributed by atoms with Gasteiger partial charge in [0.1, 0.15) is 11.6 Å². The van der Waals surface area contributed by atoms with Crippen LogP contribution in [0.2, 0.25) is 0 Å². The zero-order valence-corrected chi connectivity index (χ0v) is 12.8. The van der Waals surface area contributed by atoms with Crippen molar-refractivity contribution in [3.8, 4) is 5.75 Å². The predicted octanol–water partition coefficient (Wildman–Crippen LogP) is 2.63. The van der Waals surface area contributed by atoms with Crippen LogP contribution in [0.4, 0.5) is 0 Å². The average Bonchev–Trinajstić information content (AvgIpc) is 2.92. The van der Waals surface area contributed by atoms with Gasteiger partial charge >= 0.3 is 0 Å². The molecule has 114 valence electrons. The van der Waals surface area contributed by atoms with Crippen molar-refractivity contribution in [2.24, 2.45) is 5.73 Å². The van der Waals surface area contributed by atoms with Crippen molar-refractivity contribution >= 4 is 5.52 Å². The van der Waals surface area contributed by atoms with Crippen LogP contribution in [0.3, 0.4) is 0 Å². The Morgan fingerprint density at radius 1 is 1.05 bits per heavy atom. The molecule has 0 fully saturated rings. The van der Waals surface area contributed by atoms with Crippen molar-refractivity contribution in [3.05, 3.63) is 65.7 Å². The Balaban J connectivity index is 1.88. The number of pyridine rings is 1. The smallest absolute Gasteiger partial charge is 0.122 e. The maximum atomic E-state index is 5.70. The summed E-state index contributed by atoms with van der Waals surface area (Å²) in [6, 6.07) is 14.3. The Morgan fingerprint density at radius 3 is 2.68 bits per heavy atom. The number of ether oxygens (including phenoxy) is 1. The molecule has 0 aliphatic carbocycles. The molecule has 2 heterocycles. The molecule has 2 N–H and O–H groups in total. The Kier molecular flexibility index (Phi) is 4.39. The number of hydrogen-bond donors (Lipinski definition) is 1. The van der Waals surface area contributed by atoms with Crippen molar-refractivity contribution in [1.29, 1.82) is 0 Å². The van der Waals surface area contributed by atoms with E-state index in [0.29, 0.717) is 6.54 Å². The number of aryl methyl sites for hydroxylation is 2. The summed E-state index contributed by atoms with van der Waals surface area (Å²) in [6.07, 6.45) is 4.65. The molecule has 0 unspecified atom stereocenters. The maximum absolute atomic E-state index is 5.70. The molecule has 0 saturated carbocycles. The molecular formula is C18H21N3O. The first-order valence-electron chi connectivity index (χ1n) is 7.60. The van der Waals surface area contributed by atoms with Gasteiger partial charge in [-0.15, -0.1) is 0 Å². The standard InChI is InChI=1S/C18H21N3O/c1-22-17-8-3-2-6-14(17)9-10-18-20-15(11-12-19)16-7-4-5-13-21(16)18/h2-8,13H,9-12,19H2,1H3. The van der Waals surface area contributed by atoms with Crippen LogP contribution >= 0.6 is 0 Å². The number of imidazole rings is 1. The van der Waals surface area contributed by atoms with Crippen molar-refractivity contribution in [2.75, 3.05) is 13.7 Å². The third-order valence-corrected chi connectivity index (χ3v) is 3.89. The van der Waals surface area contributed by atoms with Crippen LogP contribution in [0, 0.1) is 0 Å². The van der Waals surface area contributed by atoms with E-state index in [2.05, 4.69) is 22.7 Å². The van der Waals surface area contributed by atoms with Gasteiger partial charge in [0.15, 0.2) is 0 Å². The van der Waals surface area contributed by atoms with Crippen LogP contribution in [-0.2, 0) is 19.3 Å². The lowest BCUT2D eigenvalue weighted by Gasteiger charge is -2.07. The van der Waals surface area contributed by atoms with Gasteiger partial charge in [-0.1, -0.05) is 24.3 Å². The van der Waals surface area contributed by atoms with Gasteiger partial charge in [-0.2, -0.15) is 0 Å². The number of nitrogens with zero attached hydrogens (tertiary/aromatic N) is 2. The van der Waals surface area contributed by atoms with E-state index < -0.39 is 0 Å². The normalized spacial score (nSPS) is 11.0. The van der Waals surface area contributed by atoms with Crippen LogP contribution in [0.15, 0.2) is 48.7 Å². The minimum absolute atomic E-state index is 0.619. The lowest BCUT2D eigenvalue weighted by Crippen LogP contribution is -2.03. The van der Waals surface area contributed by atoms with Crippen LogP contribution in [0.25, 0.3) is 5.52 Å². The first kappa shape index (κ1) is 14.6. The first-order valence-corrected chi connectivity index (χ1v) is 7.60. The number of fused-ring (bicyclic) bond motifs is 1. The van der Waals surface area contributed by atoms with Gasteiger partial charge < -0.3 is 14.9 Å². The molecule has 1 aromatic carbocycles. The summed E-state index contributed by atoms with van der Waals surface area (Å²) in [5, 5.41) is 0. The fourth-order valence-electron chi connectivity index (χ4n) is 2.82. The quantitative estimate of drug-likeness (QED) is 0.760. The van der Waals surface area contributed by atoms with Gasteiger partial charge in [-0.25, -0.2) is 4.98 Å². The number of aromatic nitrogens is 2. The second-order valence-corrected chi connectivity index (χ2v) is 5.28. The number of benzene rings is 1. The predicted molar refractivity (Wildman–Crippen MR) is 88.4 cm³/mol. The summed E-state index contributed by atoms with van der Waals surface area (Å²) < 4.78 is 7.59. The van der Waals surface area contributed by atoms with Gasteiger partial charge in [-0.05, 0) is 36.7 Å². The highest BCUT2D eigenvalue weighted by molar-refractivity contribution is 5.53. The van der Waals surface area contributed by atoms with E-state index in [4.69, 9.17) is 15.5 Å². The van der Waals surface area contributed by atoms with Crippen molar-refractivity contribution < 1.29 is 4.74 Å². The number of rotatable bonds is 6. The fourth-order valence-corrected chi connectivity index (χ4v) is 2.82. The second kappa shape index (κ2) is 6.62. The van der Waals surface area contributed by atoms with Gasteiger partial charge in [-0.3, -0.25) is 0 Å². The maximum Gasteiger partial charge on any atom is 0.122 e. The van der Waals surface area contributed by atoms with Crippen LogP contribution in [-0.4, -0.2) is 23.0 Å². The zero-order valence-electron chi connectivity index (χ0n) is 12.8. The summed E-state index contributed by atoms with van der Waals surface area (Å²) in [4.78, 5) is 4.79. The molecule has 4 nitrogen and oxygen atoms in total. The third kappa shape index (κ3) is 2.83. The van der Waals surface area contributed by atoms with Crippen molar-refractivity contribution in [1.82, 2.24) is 9.38 Å². The van der Waals surface area contributed by atoms with Gasteiger partial charge in [0.05, 0.1) is 18.3 Å². The Bertz CT molecular complexity index is 764. The molecule has 0 aliphatic rings. The molecule has 0 spiro atoms. The van der Waals surface area contributed by atoms with Crippen LogP contribution in [0.1, 0.15) is 17.1 Å². The van der Waals surface area contributed by atoms with E-state index in [9.17, 15) is 0 Å². The highest BCUT2D eigenvalue weighted by Crippen LogP contribution is 2.20. The number of para-hydroxylation sites is 1. The first-order chi connectivity index (χ1) is 10.8. The molecule has 0 radical (unpaired) electrons. The van der Waals surface area contributed by atoms with E-state index in [-0.39, 0.29) is 0 Å². The monoisotopic (exact) mass is 295 g/mol. The lowest BCUT2D eigenvalue weighted by atomic mass is 10.1. The van der Waals surface area contributed by atoms with Gasteiger partial charge in [0.2, 0.25) is 0 Å². The number of methoxy groups -OCH3 is 1. The molecule has 4 heteroatoms. The Hall–Kier alpha value is -2.33. The summed E-state index contributed by atoms with van der Waals surface area (Å²) in [5.74, 6) is 2.01. The number of hydrogen-bond acceptors (Lipinski definition) is 3. The third-order valence-electron chi connectivity index (χ3n) is 3.89. The minimum Gasteiger partial charge on any atom is -0.496 e. The second-order valence-electron chi connectivity index (χ2n) is 5.28. The summed E-state index contributed by atoms with van der Waals surface area (Å²) in [7, 11) is 1.71. The van der Waals surface area contributed by atoms with Crippen molar-refractivity contribution in [2.45, 2.75) is 19.3 Å². The largest absolute Gasteiger partial charge is 0.496 e. The molecule has 2 aromatic heterocycles. The zero-order chi connectivity index (χ0) is 15.4. The molecule has 0 saturated heterocycles. The Labute approximate surface area is 130 Å². The lowest BCUT2D eigenvalue weighted by molar-refractivity contribution is 0.409. The van der Waals surface area contributed by atoms with E-state index in [0.717, 1.165) is 42.0 Å². The SMILES string of the molecule is COc1ccccc1CCc1nc(CCN)c2ccccn12. The average molecular weight is 295 g/mol. The summed E-state index contributed by atoms with van der Waals surface area (Å²) in [6.45, 7) is 0.619. The van der Waals surface area contributed by atoms with E-state index in [1.807, 2.05) is 30.3 Å². The molecular weight excluding hydrogens is 274 g/mol. The molecule has 3 aromatic rings. The summed E-state index contributed by atoms with van der Waals surface area (Å²) >= 11 is 0. The molecule has 0 bridgehead atoms. The summed E-state index contributed by atoms with van der Waals surface area (Å²) in [5.41, 5.74) is 9.14. The van der Waals surface area contributed by atoms with Crippen LogP contribution in [0.5, 0.6) is 5.75 Å².